The standard InChI is InChI=1S/C19H21IN4O2/c1-3-24(4-2)15-11-9-14(10-12-15)13-21-23-19(26)18(25)22-17-8-6-5-7-16(17)20/h5-13H,3-4H2,1-2H3,(H,22,25)(H,23,26). The second kappa shape index (κ2) is 9.91. The molecule has 2 amide bonds. The van der Waals surface area contributed by atoms with Gasteiger partial charge < -0.3 is 10.2 Å². The van der Waals surface area contributed by atoms with Crippen LogP contribution in [0.4, 0.5) is 11.4 Å². The number of halogens is 1. The Morgan fingerprint density at radius 1 is 1.04 bits per heavy atom. The molecule has 0 radical (unpaired) electrons. The fraction of sp³-hybridized carbons (Fsp3) is 0.211. The lowest BCUT2D eigenvalue weighted by molar-refractivity contribution is -0.136. The lowest BCUT2D eigenvalue weighted by Gasteiger charge is -2.20. The summed E-state index contributed by atoms with van der Waals surface area (Å²) in [4.78, 5) is 25.9. The van der Waals surface area contributed by atoms with E-state index in [0.717, 1.165) is 27.9 Å². The average molecular weight is 464 g/mol. The van der Waals surface area contributed by atoms with Crippen molar-refractivity contribution in [1.29, 1.82) is 0 Å². The van der Waals surface area contributed by atoms with Gasteiger partial charge in [0.05, 0.1) is 11.9 Å². The summed E-state index contributed by atoms with van der Waals surface area (Å²) in [5, 5.41) is 6.39. The maximum atomic E-state index is 11.9. The molecule has 0 spiro atoms. The van der Waals surface area contributed by atoms with Gasteiger partial charge in [-0.05, 0) is 66.3 Å². The quantitative estimate of drug-likeness (QED) is 0.299. The fourth-order valence-corrected chi connectivity index (χ4v) is 2.84. The Morgan fingerprint density at radius 3 is 2.31 bits per heavy atom. The number of carbonyl (C=O) groups is 2. The Labute approximate surface area is 166 Å². The van der Waals surface area contributed by atoms with Crippen LogP contribution in [-0.4, -0.2) is 31.1 Å². The van der Waals surface area contributed by atoms with Gasteiger partial charge in [-0.2, -0.15) is 5.10 Å². The first-order valence-electron chi connectivity index (χ1n) is 8.29. The maximum Gasteiger partial charge on any atom is 0.329 e. The number of anilines is 2. The molecule has 0 aliphatic carbocycles. The van der Waals surface area contributed by atoms with Crippen molar-refractivity contribution in [2.45, 2.75) is 13.8 Å². The maximum absolute atomic E-state index is 11.9. The molecule has 0 aliphatic rings. The van der Waals surface area contributed by atoms with E-state index in [9.17, 15) is 9.59 Å². The van der Waals surface area contributed by atoms with Gasteiger partial charge in [-0.25, -0.2) is 5.43 Å². The highest BCUT2D eigenvalue weighted by Crippen LogP contribution is 2.16. The number of carbonyl (C=O) groups excluding carboxylic acids is 2. The van der Waals surface area contributed by atoms with Gasteiger partial charge >= 0.3 is 11.8 Å². The summed E-state index contributed by atoms with van der Waals surface area (Å²) < 4.78 is 0.850. The van der Waals surface area contributed by atoms with Gasteiger partial charge in [0.15, 0.2) is 0 Å². The Bertz CT molecular complexity index is 786. The third-order valence-corrected chi connectivity index (χ3v) is 4.67. The highest BCUT2D eigenvalue weighted by molar-refractivity contribution is 14.1. The lowest BCUT2D eigenvalue weighted by atomic mass is 10.2. The van der Waals surface area contributed by atoms with Crippen LogP contribution in [0.15, 0.2) is 53.6 Å². The zero-order valence-corrected chi connectivity index (χ0v) is 16.9. The zero-order valence-electron chi connectivity index (χ0n) is 14.7. The van der Waals surface area contributed by atoms with E-state index in [2.05, 4.69) is 57.2 Å². The summed E-state index contributed by atoms with van der Waals surface area (Å²) in [6.07, 6.45) is 1.50. The van der Waals surface area contributed by atoms with Crippen molar-refractivity contribution in [3.05, 3.63) is 57.7 Å². The highest BCUT2D eigenvalue weighted by atomic mass is 127. The van der Waals surface area contributed by atoms with Crippen LogP contribution in [0.5, 0.6) is 0 Å². The van der Waals surface area contributed by atoms with Crippen molar-refractivity contribution in [1.82, 2.24) is 5.43 Å². The number of hydrogen-bond donors (Lipinski definition) is 2. The van der Waals surface area contributed by atoms with Gasteiger partial charge in [-0.3, -0.25) is 9.59 Å². The molecule has 0 unspecified atom stereocenters. The van der Waals surface area contributed by atoms with Crippen LogP contribution in [-0.2, 0) is 9.59 Å². The minimum Gasteiger partial charge on any atom is -0.372 e. The molecule has 0 aromatic heterocycles. The van der Waals surface area contributed by atoms with Gasteiger partial charge in [0.25, 0.3) is 0 Å². The minimum atomic E-state index is -0.819. The van der Waals surface area contributed by atoms with Gasteiger partial charge in [-0.15, -0.1) is 0 Å². The Morgan fingerprint density at radius 2 is 1.69 bits per heavy atom. The van der Waals surface area contributed by atoms with E-state index in [1.807, 2.05) is 36.4 Å². The molecular formula is C19H21IN4O2. The zero-order chi connectivity index (χ0) is 18.9. The molecule has 0 heterocycles. The predicted octanol–water partition coefficient (Wildman–Crippen LogP) is 3.23. The van der Waals surface area contributed by atoms with Crippen molar-refractivity contribution in [3.63, 3.8) is 0 Å². The molecule has 0 fully saturated rings. The van der Waals surface area contributed by atoms with Crippen LogP contribution in [0, 0.1) is 3.57 Å². The fourth-order valence-electron chi connectivity index (χ4n) is 2.32. The molecule has 2 rings (SSSR count). The molecule has 2 aromatic carbocycles. The number of para-hydroxylation sites is 1. The van der Waals surface area contributed by atoms with E-state index in [-0.39, 0.29) is 0 Å². The molecular weight excluding hydrogens is 443 g/mol. The average Bonchev–Trinajstić information content (AvgIpc) is 2.65. The summed E-state index contributed by atoms with van der Waals surface area (Å²) in [5.41, 5.74) is 4.79. The summed E-state index contributed by atoms with van der Waals surface area (Å²) in [5.74, 6) is -1.58. The number of benzene rings is 2. The molecule has 7 heteroatoms. The topological polar surface area (TPSA) is 73.8 Å². The molecule has 2 aromatic rings. The van der Waals surface area contributed by atoms with Gasteiger partial charge in [0.2, 0.25) is 0 Å². The number of amides is 2. The largest absolute Gasteiger partial charge is 0.372 e. The molecule has 0 saturated carbocycles. The number of nitrogens with one attached hydrogen (secondary N) is 2. The van der Waals surface area contributed by atoms with Crippen LogP contribution in [0.1, 0.15) is 19.4 Å². The SMILES string of the molecule is CCN(CC)c1ccc(C=NNC(=O)C(=O)Nc2ccccc2I)cc1. The lowest BCUT2D eigenvalue weighted by Crippen LogP contribution is -2.32. The molecule has 136 valence electrons. The third-order valence-electron chi connectivity index (χ3n) is 3.73. The minimum absolute atomic E-state index is 0.587. The second-order valence-electron chi connectivity index (χ2n) is 5.40. The van der Waals surface area contributed by atoms with Crippen molar-refractivity contribution in [2.24, 2.45) is 5.10 Å². The number of nitrogens with zero attached hydrogens (tertiary/aromatic N) is 2. The summed E-state index contributed by atoms with van der Waals surface area (Å²) in [6, 6.07) is 15.0. The van der Waals surface area contributed by atoms with E-state index in [0.29, 0.717) is 5.69 Å². The van der Waals surface area contributed by atoms with Gasteiger partial charge in [0.1, 0.15) is 0 Å². The van der Waals surface area contributed by atoms with E-state index in [1.165, 1.54) is 6.21 Å². The molecule has 26 heavy (non-hydrogen) atoms. The van der Waals surface area contributed by atoms with E-state index < -0.39 is 11.8 Å². The van der Waals surface area contributed by atoms with E-state index in [4.69, 9.17) is 0 Å². The van der Waals surface area contributed by atoms with Crippen LogP contribution in [0.3, 0.4) is 0 Å². The third kappa shape index (κ3) is 5.55. The predicted molar refractivity (Wildman–Crippen MR) is 114 cm³/mol. The van der Waals surface area contributed by atoms with Gasteiger partial charge in [-0.1, -0.05) is 24.3 Å². The first-order chi connectivity index (χ1) is 12.5. The molecule has 2 N–H and O–H groups in total. The summed E-state index contributed by atoms with van der Waals surface area (Å²) in [7, 11) is 0. The van der Waals surface area contributed by atoms with Crippen LogP contribution in [0.25, 0.3) is 0 Å². The Kier molecular flexibility index (Phi) is 7.58. The molecule has 0 bridgehead atoms. The van der Waals surface area contributed by atoms with Crippen molar-refractivity contribution in [3.8, 4) is 0 Å². The van der Waals surface area contributed by atoms with Crippen molar-refractivity contribution < 1.29 is 9.59 Å². The van der Waals surface area contributed by atoms with Crippen molar-refractivity contribution >= 4 is 52.0 Å². The molecule has 0 aliphatic heterocycles. The van der Waals surface area contributed by atoms with E-state index >= 15 is 0 Å². The first kappa shape index (κ1) is 19.9. The smallest absolute Gasteiger partial charge is 0.329 e. The van der Waals surface area contributed by atoms with E-state index in [1.54, 1.807) is 12.1 Å². The van der Waals surface area contributed by atoms with Crippen molar-refractivity contribution in [2.75, 3.05) is 23.3 Å². The molecule has 6 nitrogen and oxygen atoms in total. The monoisotopic (exact) mass is 464 g/mol. The van der Waals surface area contributed by atoms with Crippen LogP contribution >= 0.6 is 22.6 Å². The highest BCUT2D eigenvalue weighted by Gasteiger charge is 2.13. The van der Waals surface area contributed by atoms with Gasteiger partial charge in [0, 0.05) is 22.3 Å². The Balaban J connectivity index is 1.90. The molecule has 0 atom stereocenters. The molecule has 0 saturated heterocycles. The number of rotatable bonds is 6. The van der Waals surface area contributed by atoms with Crippen LogP contribution in [0.2, 0.25) is 0 Å². The first-order valence-corrected chi connectivity index (χ1v) is 9.37. The Hall–Kier alpha value is -2.42. The number of hydrazone groups is 1. The second-order valence-corrected chi connectivity index (χ2v) is 6.56. The normalized spacial score (nSPS) is 10.6. The number of hydrogen-bond acceptors (Lipinski definition) is 4. The summed E-state index contributed by atoms with van der Waals surface area (Å²) in [6.45, 7) is 6.09. The summed E-state index contributed by atoms with van der Waals surface area (Å²) >= 11 is 2.09. The van der Waals surface area contributed by atoms with Crippen LogP contribution < -0.4 is 15.6 Å².